The van der Waals surface area contributed by atoms with E-state index in [-0.39, 0.29) is 6.54 Å². The molecule has 1 heterocycles. The Morgan fingerprint density at radius 3 is 3.07 bits per heavy atom. The lowest BCUT2D eigenvalue weighted by Crippen LogP contribution is -2.07. The Bertz CT molecular complexity index is 488. The third kappa shape index (κ3) is 1.35. The monoisotopic (exact) mass is 190 g/mol. The zero-order chi connectivity index (χ0) is 10.1. The van der Waals surface area contributed by atoms with Crippen molar-refractivity contribution < 1.29 is 9.90 Å². The Morgan fingerprint density at radius 1 is 1.57 bits per heavy atom. The molecule has 0 saturated carbocycles. The van der Waals surface area contributed by atoms with Gasteiger partial charge < -0.3 is 9.67 Å². The van der Waals surface area contributed by atoms with Crippen molar-refractivity contribution in [3.63, 3.8) is 0 Å². The fourth-order valence-electron chi connectivity index (χ4n) is 1.50. The number of rotatable bonds is 2. The van der Waals surface area contributed by atoms with Crippen LogP contribution in [-0.2, 0) is 11.3 Å². The SMILES string of the molecule is Cc1cccc2c1ncn2CC(=O)O. The van der Waals surface area contributed by atoms with E-state index in [1.165, 1.54) is 0 Å². The highest BCUT2D eigenvalue weighted by Gasteiger charge is 2.06. The summed E-state index contributed by atoms with van der Waals surface area (Å²) in [6.07, 6.45) is 1.56. The summed E-state index contributed by atoms with van der Waals surface area (Å²) in [4.78, 5) is 14.7. The van der Waals surface area contributed by atoms with Gasteiger partial charge in [0.05, 0.1) is 17.4 Å². The zero-order valence-electron chi connectivity index (χ0n) is 7.77. The summed E-state index contributed by atoms with van der Waals surface area (Å²) in [6.45, 7) is 1.92. The maximum Gasteiger partial charge on any atom is 0.323 e. The van der Waals surface area contributed by atoms with Crippen LogP contribution >= 0.6 is 0 Å². The van der Waals surface area contributed by atoms with Gasteiger partial charge in [-0.05, 0) is 18.6 Å². The number of nitrogens with zero attached hydrogens (tertiary/aromatic N) is 2. The molecule has 0 fully saturated rings. The molecule has 4 heteroatoms. The van der Waals surface area contributed by atoms with Crippen molar-refractivity contribution in [1.29, 1.82) is 0 Å². The highest BCUT2D eigenvalue weighted by molar-refractivity contribution is 5.80. The minimum atomic E-state index is -0.856. The van der Waals surface area contributed by atoms with Crippen LogP contribution in [0.25, 0.3) is 11.0 Å². The molecule has 2 rings (SSSR count). The van der Waals surface area contributed by atoms with E-state index in [1.54, 1.807) is 10.9 Å². The number of aryl methyl sites for hydroxylation is 1. The van der Waals surface area contributed by atoms with Gasteiger partial charge in [0, 0.05) is 0 Å². The molecular weight excluding hydrogens is 180 g/mol. The number of hydrogen-bond donors (Lipinski definition) is 1. The maximum absolute atomic E-state index is 10.5. The van der Waals surface area contributed by atoms with Gasteiger partial charge in [0.2, 0.25) is 0 Å². The van der Waals surface area contributed by atoms with Crippen LogP contribution in [0.15, 0.2) is 24.5 Å². The van der Waals surface area contributed by atoms with Crippen LogP contribution in [0.5, 0.6) is 0 Å². The van der Waals surface area contributed by atoms with Gasteiger partial charge in [0.25, 0.3) is 0 Å². The number of aliphatic carboxylic acids is 1. The summed E-state index contributed by atoms with van der Waals surface area (Å²) in [5.41, 5.74) is 2.80. The fraction of sp³-hybridized carbons (Fsp3) is 0.200. The van der Waals surface area contributed by atoms with E-state index < -0.39 is 5.97 Å². The van der Waals surface area contributed by atoms with Gasteiger partial charge in [-0.25, -0.2) is 4.98 Å². The van der Waals surface area contributed by atoms with Gasteiger partial charge in [0.15, 0.2) is 0 Å². The smallest absolute Gasteiger partial charge is 0.323 e. The van der Waals surface area contributed by atoms with Gasteiger partial charge in [-0.1, -0.05) is 12.1 Å². The van der Waals surface area contributed by atoms with Crippen LogP contribution in [0.3, 0.4) is 0 Å². The second kappa shape index (κ2) is 3.14. The molecule has 0 radical (unpaired) electrons. The zero-order valence-corrected chi connectivity index (χ0v) is 7.77. The first kappa shape index (κ1) is 8.74. The predicted molar refractivity (Wildman–Crippen MR) is 52.1 cm³/mol. The summed E-state index contributed by atoms with van der Waals surface area (Å²) in [5.74, 6) is -0.856. The van der Waals surface area contributed by atoms with E-state index in [1.807, 2.05) is 25.1 Å². The van der Waals surface area contributed by atoms with Gasteiger partial charge in [-0.2, -0.15) is 0 Å². The molecule has 2 aromatic rings. The Balaban J connectivity index is 2.58. The number of fused-ring (bicyclic) bond motifs is 1. The van der Waals surface area contributed by atoms with Gasteiger partial charge in [-0.3, -0.25) is 4.79 Å². The van der Waals surface area contributed by atoms with E-state index in [0.29, 0.717) is 0 Å². The molecule has 1 aromatic heterocycles. The largest absolute Gasteiger partial charge is 0.480 e. The number of carboxylic acids is 1. The Hall–Kier alpha value is -1.84. The van der Waals surface area contributed by atoms with Crippen molar-refractivity contribution in [2.75, 3.05) is 0 Å². The number of aromatic nitrogens is 2. The molecule has 0 unspecified atom stereocenters. The molecule has 0 amide bonds. The third-order valence-electron chi connectivity index (χ3n) is 2.16. The molecule has 0 aliphatic carbocycles. The second-order valence-corrected chi connectivity index (χ2v) is 3.21. The number of imidazole rings is 1. The number of hydrogen-bond acceptors (Lipinski definition) is 2. The quantitative estimate of drug-likeness (QED) is 0.779. The van der Waals surface area contributed by atoms with Crippen molar-refractivity contribution in [1.82, 2.24) is 9.55 Å². The second-order valence-electron chi connectivity index (χ2n) is 3.21. The summed E-state index contributed by atoms with van der Waals surface area (Å²) >= 11 is 0. The number of carbonyl (C=O) groups is 1. The Morgan fingerprint density at radius 2 is 2.36 bits per heavy atom. The predicted octanol–water partition coefficient (Wildman–Crippen LogP) is 1.43. The van der Waals surface area contributed by atoms with Crippen LogP contribution < -0.4 is 0 Å². The van der Waals surface area contributed by atoms with Crippen molar-refractivity contribution in [2.24, 2.45) is 0 Å². The lowest BCUT2D eigenvalue weighted by molar-refractivity contribution is -0.137. The molecule has 0 spiro atoms. The molecule has 0 saturated heterocycles. The van der Waals surface area contributed by atoms with Crippen molar-refractivity contribution >= 4 is 17.0 Å². The first-order valence-electron chi connectivity index (χ1n) is 4.31. The topological polar surface area (TPSA) is 55.1 Å². The number of carboxylic acid groups (broad SMARTS) is 1. The average molecular weight is 190 g/mol. The van der Waals surface area contributed by atoms with Crippen molar-refractivity contribution in [3.05, 3.63) is 30.1 Å². The molecule has 72 valence electrons. The van der Waals surface area contributed by atoms with Crippen molar-refractivity contribution in [2.45, 2.75) is 13.5 Å². The van der Waals surface area contributed by atoms with E-state index in [0.717, 1.165) is 16.6 Å². The Kier molecular flexibility index (Phi) is 1.96. The third-order valence-corrected chi connectivity index (χ3v) is 2.16. The van der Waals surface area contributed by atoms with E-state index in [4.69, 9.17) is 5.11 Å². The molecular formula is C10H10N2O2. The van der Waals surface area contributed by atoms with Crippen LogP contribution in [0.1, 0.15) is 5.56 Å². The molecule has 0 bridgehead atoms. The summed E-state index contributed by atoms with van der Waals surface area (Å²) in [7, 11) is 0. The lowest BCUT2D eigenvalue weighted by Gasteiger charge is -1.99. The summed E-state index contributed by atoms with van der Waals surface area (Å²) in [6, 6.07) is 5.73. The maximum atomic E-state index is 10.5. The van der Waals surface area contributed by atoms with Crippen LogP contribution in [-0.4, -0.2) is 20.6 Å². The average Bonchev–Trinajstić information content (AvgIpc) is 2.49. The highest BCUT2D eigenvalue weighted by atomic mass is 16.4. The first-order chi connectivity index (χ1) is 6.68. The normalized spacial score (nSPS) is 10.6. The number of para-hydroxylation sites is 1. The van der Waals surface area contributed by atoms with E-state index in [2.05, 4.69) is 4.98 Å². The minimum Gasteiger partial charge on any atom is -0.480 e. The van der Waals surface area contributed by atoms with Crippen LogP contribution in [0, 0.1) is 6.92 Å². The van der Waals surface area contributed by atoms with Gasteiger partial charge in [0.1, 0.15) is 6.54 Å². The molecule has 1 N–H and O–H groups in total. The van der Waals surface area contributed by atoms with E-state index >= 15 is 0 Å². The number of benzene rings is 1. The van der Waals surface area contributed by atoms with Crippen LogP contribution in [0.2, 0.25) is 0 Å². The molecule has 4 nitrogen and oxygen atoms in total. The molecule has 0 aliphatic heterocycles. The minimum absolute atomic E-state index is 0.0417. The fourth-order valence-corrected chi connectivity index (χ4v) is 1.50. The molecule has 0 atom stereocenters. The first-order valence-corrected chi connectivity index (χ1v) is 4.31. The van der Waals surface area contributed by atoms with Gasteiger partial charge in [-0.15, -0.1) is 0 Å². The molecule has 1 aromatic carbocycles. The Labute approximate surface area is 80.8 Å². The molecule has 14 heavy (non-hydrogen) atoms. The lowest BCUT2D eigenvalue weighted by atomic mass is 10.2. The van der Waals surface area contributed by atoms with E-state index in [9.17, 15) is 4.79 Å². The van der Waals surface area contributed by atoms with Gasteiger partial charge >= 0.3 is 5.97 Å². The summed E-state index contributed by atoms with van der Waals surface area (Å²) in [5, 5.41) is 8.67. The summed E-state index contributed by atoms with van der Waals surface area (Å²) < 4.78 is 1.63. The van der Waals surface area contributed by atoms with Crippen LogP contribution in [0.4, 0.5) is 0 Å². The highest BCUT2D eigenvalue weighted by Crippen LogP contribution is 2.16. The standard InChI is InChI=1S/C10H10N2O2/c1-7-3-2-4-8-10(7)11-6-12(8)5-9(13)14/h2-4,6H,5H2,1H3,(H,13,14). The van der Waals surface area contributed by atoms with Crippen molar-refractivity contribution in [3.8, 4) is 0 Å². The molecule has 0 aliphatic rings.